The van der Waals surface area contributed by atoms with Gasteiger partial charge in [0.15, 0.2) is 11.6 Å². The monoisotopic (exact) mass is 293 g/mol. The summed E-state index contributed by atoms with van der Waals surface area (Å²) in [4.78, 5) is 18.0. The molecule has 3 N–H and O–H groups in total. The van der Waals surface area contributed by atoms with Crippen LogP contribution in [0.25, 0.3) is 0 Å². The lowest BCUT2D eigenvalue weighted by Gasteiger charge is -2.14. The number of thiophene rings is 1. The number of nitrogens with one attached hydrogen (secondary N) is 1. The molecule has 4 nitrogen and oxygen atoms in total. The van der Waals surface area contributed by atoms with Gasteiger partial charge in [-0.15, -0.1) is 11.3 Å². The number of halogens is 1. The van der Waals surface area contributed by atoms with E-state index in [9.17, 15) is 9.18 Å². The van der Waals surface area contributed by atoms with E-state index in [1.165, 1.54) is 17.1 Å². The van der Waals surface area contributed by atoms with Gasteiger partial charge in [-0.2, -0.15) is 0 Å². The van der Waals surface area contributed by atoms with Gasteiger partial charge in [0.25, 0.3) is 5.91 Å². The molecule has 1 amide bonds. The highest BCUT2D eigenvalue weighted by molar-refractivity contribution is 7.12. The largest absolute Gasteiger partial charge is 0.381 e. The molecule has 1 atom stereocenters. The van der Waals surface area contributed by atoms with Crippen LogP contribution in [-0.2, 0) is 0 Å². The highest BCUT2D eigenvalue weighted by Gasteiger charge is 2.18. The smallest absolute Gasteiger partial charge is 0.254 e. The van der Waals surface area contributed by atoms with Crippen LogP contribution in [0.1, 0.15) is 38.6 Å². The summed E-state index contributed by atoms with van der Waals surface area (Å²) < 4.78 is 13.7. The summed E-state index contributed by atoms with van der Waals surface area (Å²) in [6, 6.07) is 3.16. The van der Waals surface area contributed by atoms with Crippen LogP contribution in [0.2, 0.25) is 0 Å². The lowest BCUT2D eigenvalue weighted by atomic mass is 10.1. The minimum Gasteiger partial charge on any atom is -0.381 e. The van der Waals surface area contributed by atoms with Crippen LogP contribution in [0.5, 0.6) is 0 Å². The molecule has 20 heavy (non-hydrogen) atoms. The normalized spacial score (nSPS) is 12.2. The lowest BCUT2D eigenvalue weighted by molar-refractivity contribution is 0.0936. The van der Waals surface area contributed by atoms with Crippen LogP contribution < -0.4 is 11.1 Å². The maximum absolute atomic E-state index is 13.7. The first-order valence-corrected chi connectivity index (χ1v) is 6.99. The molecule has 0 saturated heterocycles. The molecule has 0 aliphatic heterocycles. The first-order valence-electron chi connectivity index (χ1n) is 6.18. The molecule has 0 spiro atoms. The van der Waals surface area contributed by atoms with Crippen molar-refractivity contribution >= 4 is 23.1 Å². The SMILES string of the molecule is Cc1cc(C(C)NC(=O)c2ccnc(N)c2F)c(C)s1. The Bertz CT molecular complexity index is 654. The van der Waals surface area contributed by atoms with E-state index in [1.54, 1.807) is 11.3 Å². The van der Waals surface area contributed by atoms with E-state index in [1.807, 2.05) is 26.8 Å². The van der Waals surface area contributed by atoms with Gasteiger partial charge < -0.3 is 11.1 Å². The molecule has 2 rings (SSSR count). The minimum atomic E-state index is -0.782. The summed E-state index contributed by atoms with van der Waals surface area (Å²) in [6.45, 7) is 5.88. The van der Waals surface area contributed by atoms with Crippen molar-refractivity contribution in [3.8, 4) is 0 Å². The number of anilines is 1. The number of carbonyl (C=O) groups is 1. The van der Waals surface area contributed by atoms with E-state index in [2.05, 4.69) is 10.3 Å². The molecule has 0 bridgehead atoms. The van der Waals surface area contributed by atoms with Crippen molar-refractivity contribution in [1.82, 2.24) is 10.3 Å². The third-order valence-electron chi connectivity index (χ3n) is 3.05. The Balaban J connectivity index is 2.19. The second-order valence-corrected chi connectivity index (χ2v) is 6.08. The van der Waals surface area contributed by atoms with Gasteiger partial charge in [0.05, 0.1) is 11.6 Å². The van der Waals surface area contributed by atoms with Crippen LogP contribution in [0.3, 0.4) is 0 Å². The number of hydrogen-bond donors (Lipinski definition) is 2. The maximum Gasteiger partial charge on any atom is 0.254 e. The zero-order chi connectivity index (χ0) is 14.9. The Labute approximate surface area is 120 Å². The van der Waals surface area contributed by atoms with Crippen molar-refractivity contribution in [3.05, 3.63) is 45.0 Å². The molecule has 0 fully saturated rings. The molecule has 0 aliphatic carbocycles. The number of aromatic nitrogens is 1. The fraction of sp³-hybridized carbons (Fsp3) is 0.286. The Hall–Kier alpha value is -1.95. The molecule has 2 aromatic rings. The molecule has 0 saturated carbocycles. The minimum absolute atomic E-state index is 0.0889. The molecule has 2 heterocycles. The third kappa shape index (κ3) is 2.80. The first-order chi connectivity index (χ1) is 9.40. The summed E-state index contributed by atoms with van der Waals surface area (Å²) in [5, 5.41) is 2.78. The predicted octanol–water partition coefficient (Wildman–Crippen LogP) is 2.97. The highest BCUT2D eigenvalue weighted by atomic mass is 32.1. The number of nitrogens with two attached hydrogens (primary N) is 1. The average molecular weight is 293 g/mol. The number of amides is 1. The van der Waals surface area contributed by atoms with Crippen molar-refractivity contribution in [2.24, 2.45) is 0 Å². The lowest BCUT2D eigenvalue weighted by Crippen LogP contribution is -2.28. The fourth-order valence-electron chi connectivity index (χ4n) is 2.07. The highest BCUT2D eigenvalue weighted by Crippen LogP contribution is 2.26. The number of rotatable bonds is 3. The summed E-state index contributed by atoms with van der Waals surface area (Å²) in [6.07, 6.45) is 1.32. The van der Waals surface area contributed by atoms with Crippen LogP contribution in [-0.4, -0.2) is 10.9 Å². The quantitative estimate of drug-likeness (QED) is 0.914. The Morgan fingerprint density at radius 2 is 2.20 bits per heavy atom. The predicted molar refractivity (Wildman–Crippen MR) is 78.3 cm³/mol. The van der Waals surface area contributed by atoms with Gasteiger partial charge in [-0.25, -0.2) is 9.37 Å². The van der Waals surface area contributed by atoms with E-state index in [0.717, 1.165) is 10.4 Å². The molecular formula is C14H16FN3OS. The second kappa shape index (κ2) is 5.58. The molecule has 0 aromatic carbocycles. The van der Waals surface area contributed by atoms with E-state index in [4.69, 9.17) is 5.73 Å². The van der Waals surface area contributed by atoms with Gasteiger partial charge in [0, 0.05) is 16.0 Å². The molecule has 6 heteroatoms. The number of hydrogen-bond acceptors (Lipinski definition) is 4. The number of pyridine rings is 1. The van der Waals surface area contributed by atoms with Gasteiger partial charge >= 0.3 is 0 Å². The first kappa shape index (κ1) is 14.5. The molecule has 0 radical (unpaired) electrons. The fourth-order valence-corrected chi connectivity index (χ4v) is 3.09. The van der Waals surface area contributed by atoms with E-state index >= 15 is 0 Å². The van der Waals surface area contributed by atoms with Crippen LogP contribution >= 0.6 is 11.3 Å². The number of aryl methyl sites for hydroxylation is 2. The summed E-state index contributed by atoms with van der Waals surface area (Å²) >= 11 is 1.67. The van der Waals surface area contributed by atoms with Gasteiger partial charge in [-0.05, 0) is 38.5 Å². The van der Waals surface area contributed by atoms with Crippen molar-refractivity contribution < 1.29 is 9.18 Å². The second-order valence-electron chi connectivity index (χ2n) is 4.62. The van der Waals surface area contributed by atoms with Crippen LogP contribution in [0, 0.1) is 19.7 Å². The molecule has 1 unspecified atom stereocenters. The summed E-state index contributed by atoms with van der Waals surface area (Å²) in [7, 11) is 0. The third-order valence-corrected chi connectivity index (χ3v) is 4.04. The van der Waals surface area contributed by atoms with E-state index in [-0.39, 0.29) is 17.4 Å². The standard InChI is InChI=1S/C14H16FN3OS/c1-7-6-11(9(3)20-7)8(2)18-14(19)10-4-5-17-13(16)12(10)15/h4-6,8H,1-3H3,(H2,16,17)(H,18,19). The molecule has 0 aliphatic rings. The van der Waals surface area contributed by atoms with Crippen molar-refractivity contribution in [3.63, 3.8) is 0 Å². The summed E-state index contributed by atoms with van der Waals surface area (Å²) in [5.41, 5.74) is 6.32. The van der Waals surface area contributed by atoms with Gasteiger partial charge in [-0.1, -0.05) is 0 Å². The topological polar surface area (TPSA) is 68.0 Å². The Morgan fingerprint density at radius 3 is 2.80 bits per heavy atom. The zero-order valence-electron chi connectivity index (χ0n) is 11.5. The van der Waals surface area contributed by atoms with Crippen molar-refractivity contribution in [2.45, 2.75) is 26.8 Å². The number of nitrogens with zero attached hydrogens (tertiary/aromatic N) is 1. The van der Waals surface area contributed by atoms with Crippen molar-refractivity contribution in [1.29, 1.82) is 0 Å². The van der Waals surface area contributed by atoms with E-state index in [0.29, 0.717) is 0 Å². The number of carbonyl (C=O) groups excluding carboxylic acids is 1. The zero-order valence-corrected chi connectivity index (χ0v) is 12.3. The Kier molecular flexibility index (Phi) is 4.04. The van der Waals surface area contributed by atoms with E-state index < -0.39 is 11.7 Å². The maximum atomic E-state index is 13.7. The molecule has 2 aromatic heterocycles. The molecular weight excluding hydrogens is 277 g/mol. The van der Waals surface area contributed by atoms with Crippen molar-refractivity contribution in [2.75, 3.05) is 5.73 Å². The Morgan fingerprint density at radius 1 is 1.50 bits per heavy atom. The van der Waals surface area contributed by atoms with Gasteiger partial charge in [0.2, 0.25) is 0 Å². The van der Waals surface area contributed by atoms with Gasteiger partial charge in [-0.3, -0.25) is 4.79 Å². The van der Waals surface area contributed by atoms with Crippen LogP contribution in [0.4, 0.5) is 10.2 Å². The summed E-state index contributed by atoms with van der Waals surface area (Å²) in [5.74, 6) is -1.55. The molecule has 106 valence electrons. The number of nitrogen functional groups attached to an aromatic ring is 1. The average Bonchev–Trinajstić information content (AvgIpc) is 2.71. The van der Waals surface area contributed by atoms with Gasteiger partial charge in [0.1, 0.15) is 0 Å². The van der Waals surface area contributed by atoms with Crippen LogP contribution in [0.15, 0.2) is 18.3 Å².